The number of morpholine rings is 1. The van der Waals surface area contributed by atoms with Crippen molar-refractivity contribution >= 4 is 34.3 Å². The maximum Gasteiger partial charge on any atom is 0.334 e. The van der Waals surface area contributed by atoms with Crippen molar-refractivity contribution in [1.29, 1.82) is 0 Å². The minimum absolute atomic E-state index is 0.200. The third kappa shape index (κ3) is 6.72. The molecule has 220 valence electrons. The van der Waals surface area contributed by atoms with Gasteiger partial charge in [0.15, 0.2) is 6.10 Å². The second-order valence-corrected chi connectivity index (χ2v) is 11.5. The topological polar surface area (TPSA) is 118 Å². The second-order valence-electron chi connectivity index (χ2n) is 11.5. The summed E-state index contributed by atoms with van der Waals surface area (Å²) in [6.07, 6.45) is -0.813. The second kappa shape index (κ2) is 12.2. The quantitative estimate of drug-likeness (QED) is 0.258. The molecule has 1 unspecified atom stereocenters. The summed E-state index contributed by atoms with van der Waals surface area (Å²) in [5.41, 5.74) is 3.30. The van der Waals surface area contributed by atoms with Gasteiger partial charge in [-0.1, -0.05) is 62.7 Å². The van der Waals surface area contributed by atoms with Crippen LogP contribution < -0.4 is 15.4 Å². The molecule has 0 aliphatic carbocycles. The largest absolute Gasteiger partial charge is 0.492 e. The lowest BCUT2D eigenvalue weighted by molar-refractivity contribution is -0.156. The minimum atomic E-state index is -0.951. The van der Waals surface area contributed by atoms with Gasteiger partial charge < -0.3 is 19.9 Å². The van der Waals surface area contributed by atoms with E-state index < -0.39 is 12.1 Å². The molecule has 42 heavy (non-hydrogen) atoms. The summed E-state index contributed by atoms with van der Waals surface area (Å²) in [7, 11) is 0. The molecule has 10 nitrogen and oxygen atoms in total. The molecule has 5 rings (SSSR count). The molecule has 3 N–H and O–H groups in total. The Morgan fingerprint density at radius 3 is 2.50 bits per heavy atom. The molecule has 4 aromatic rings. The number of aromatic nitrogens is 2. The fourth-order valence-corrected chi connectivity index (χ4v) is 4.84. The molecule has 1 fully saturated rings. The lowest BCUT2D eigenvalue weighted by atomic mass is 9.92. The molecule has 1 aromatic heterocycles. The van der Waals surface area contributed by atoms with Crippen molar-refractivity contribution in [1.82, 2.24) is 14.7 Å². The molecule has 2 amide bonds. The Hall–Kier alpha value is -4.41. The van der Waals surface area contributed by atoms with Crippen molar-refractivity contribution in [2.45, 2.75) is 39.2 Å². The molecule has 1 aliphatic heterocycles. The van der Waals surface area contributed by atoms with E-state index >= 15 is 0 Å². The Balaban J connectivity index is 1.30. The zero-order valence-corrected chi connectivity index (χ0v) is 24.4. The number of hydrogen-bond acceptors (Lipinski definition) is 6. The summed E-state index contributed by atoms with van der Waals surface area (Å²) in [5.74, 6) is 0.304. The summed E-state index contributed by atoms with van der Waals surface area (Å²) in [6.45, 7) is 10.6. The SMILES string of the molecule is Cc1ccc(-n2nc(C(C)(C)C)cc2NC(=O)Nc2ccc(OCCN3CCOC(C(=O)O)C3)c3ccccc23)cc1. The van der Waals surface area contributed by atoms with Gasteiger partial charge in [-0.05, 0) is 31.2 Å². The van der Waals surface area contributed by atoms with E-state index in [9.17, 15) is 14.7 Å². The number of nitrogens with zero attached hydrogens (tertiary/aromatic N) is 3. The molecule has 3 aromatic carbocycles. The summed E-state index contributed by atoms with van der Waals surface area (Å²) in [4.78, 5) is 26.6. The smallest absolute Gasteiger partial charge is 0.334 e. The van der Waals surface area contributed by atoms with E-state index in [2.05, 4.69) is 31.4 Å². The highest BCUT2D eigenvalue weighted by atomic mass is 16.5. The lowest BCUT2D eigenvalue weighted by Gasteiger charge is -2.30. The number of aryl methyl sites for hydroxylation is 1. The van der Waals surface area contributed by atoms with E-state index in [1.807, 2.05) is 78.6 Å². The molecule has 1 aliphatic rings. The predicted molar refractivity (Wildman–Crippen MR) is 163 cm³/mol. The van der Waals surface area contributed by atoms with Gasteiger partial charge in [-0.2, -0.15) is 5.10 Å². The van der Waals surface area contributed by atoms with Gasteiger partial charge in [-0.25, -0.2) is 14.3 Å². The number of fused-ring (bicyclic) bond motifs is 1. The predicted octanol–water partition coefficient (Wildman–Crippen LogP) is 5.44. The minimum Gasteiger partial charge on any atom is -0.492 e. The first-order valence-electron chi connectivity index (χ1n) is 14.1. The first-order valence-corrected chi connectivity index (χ1v) is 14.1. The van der Waals surface area contributed by atoms with E-state index in [4.69, 9.17) is 14.6 Å². The van der Waals surface area contributed by atoms with Gasteiger partial charge in [-0.3, -0.25) is 10.2 Å². The van der Waals surface area contributed by atoms with E-state index in [0.29, 0.717) is 50.1 Å². The highest BCUT2D eigenvalue weighted by molar-refractivity contribution is 6.07. The third-order valence-electron chi connectivity index (χ3n) is 7.22. The van der Waals surface area contributed by atoms with Crippen LogP contribution in [-0.4, -0.2) is 70.7 Å². The van der Waals surface area contributed by atoms with Gasteiger partial charge in [0.1, 0.15) is 18.2 Å². The first-order chi connectivity index (χ1) is 20.1. The number of urea groups is 1. The van der Waals surface area contributed by atoms with Crippen molar-refractivity contribution in [3.63, 3.8) is 0 Å². The summed E-state index contributed by atoms with van der Waals surface area (Å²) < 4.78 is 13.2. The van der Waals surface area contributed by atoms with E-state index in [-0.39, 0.29) is 11.4 Å². The molecule has 0 bridgehead atoms. The molecular weight excluding hydrogens is 534 g/mol. The number of carbonyl (C=O) groups excluding carboxylic acids is 1. The number of anilines is 2. The average Bonchev–Trinajstić information content (AvgIpc) is 3.39. The molecule has 2 heterocycles. The number of hydrogen-bond donors (Lipinski definition) is 3. The average molecular weight is 572 g/mol. The van der Waals surface area contributed by atoms with Gasteiger partial charge in [0.05, 0.1) is 23.7 Å². The van der Waals surface area contributed by atoms with Crippen molar-refractivity contribution in [3.05, 3.63) is 78.0 Å². The number of aliphatic carboxylic acids is 1. The van der Waals surface area contributed by atoms with Crippen molar-refractivity contribution in [3.8, 4) is 11.4 Å². The van der Waals surface area contributed by atoms with Crippen LogP contribution in [0.5, 0.6) is 5.75 Å². The van der Waals surface area contributed by atoms with E-state index in [1.165, 1.54) is 0 Å². The fourth-order valence-electron chi connectivity index (χ4n) is 4.84. The number of carbonyl (C=O) groups is 2. The van der Waals surface area contributed by atoms with Crippen LogP contribution in [0.15, 0.2) is 66.7 Å². The maximum atomic E-state index is 13.3. The molecular formula is C32H37N5O5. The van der Waals surface area contributed by atoms with Crippen LogP contribution in [0.2, 0.25) is 0 Å². The Bertz CT molecular complexity index is 1570. The standard InChI is InChI=1S/C32H37N5O5/c1-21-9-11-22(12-10-21)37-29(19-28(35-37)32(2,3)4)34-31(40)33-25-13-14-26(24-8-6-5-7-23(24)25)41-17-15-36-16-18-42-27(20-36)30(38)39/h5-14,19,27H,15-18,20H2,1-4H3,(H,38,39)(H2,33,34,40). The highest BCUT2D eigenvalue weighted by Gasteiger charge is 2.26. The Kier molecular flexibility index (Phi) is 8.46. The van der Waals surface area contributed by atoms with Gasteiger partial charge in [0.2, 0.25) is 0 Å². The number of carboxylic acids is 1. The van der Waals surface area contributed by atoms with Crippen molar-refractivity contribution in [2.75, 3.05) is 43.5 Å². The monoisotopic (exact) mass is 571 g/mol. The first kappa shape index (κ1) is 29.1. The van der Waals surface area contributed by atoms with Crippen LogP contribution in [-0.2, 0) is 14.9 Å². The van der Waals surface area contributed by atoms with E-state index in [0.717, 1.165) is 27.7 Å². The van der Waals surface area contributed by atoms with Crippen LogP contribution in [0.3, 0.4) is 0 Å². The summed E-state index contributed by atoms with van der Waals surface area (Å²) in [6, 6.07) is 20.9. The number of benzene rings is 3. The number of amides is 2. The molecule has 0 saturated carbocycles. The maximum absolute atomic E-state index is 13.3. The summed E-state index contributed by atoms with van der Waals surface area (Å²) in [5, 5.41) is 21.7. The molecule has 0 radical (unpaired) electrons. The van der Waals surface area contributed by atoms with Crippen LogP contribution in [0.4, 0.5) is 16.3 Å². The Morgan fingerprint density at radius 2 is 1.79 bits per heavy atom. The zero-order valence-electron chi connectivity index (χ0n) is 24.4. The van der Waals surface area contributed by atoms with Gasteiger partial charge in [0, 0.05) is 41.9 Å². The Morgan fingerprint density at radius 1 is 1.05 bits per heavy atom. The van der Waals surface area contributed by atoms with Crippen molar-refractivity contribution < 1.29 is 24.2 Å². The van der Waals surface area contributed by atoms with Crippen LogP contribution in [0.1, 0.15) is 32.0 Å². The highest BCUT2D eigenvalue weighted by Crippen LogP contribution is 2.32. The molecule has 1 saturated heterocycles. The summed E-state index contributed by atoms with van der Waals surface area (Å²) >= 11 is 0. The van der Waals surface area contributed by atoms with Crippen LogP contribution in [0.25, 0.3) is 16.5 Å². The molecule has 1 atom stereocenters. The molecule has 0 spiro atoms. The molecule has 10 heteroatoms. The van der Waals surface area contributed by atoms with Gasteiger partial charge in [-0.15, -0.1) is 0 Å². The number of rotatable bonds is 8. The fraction of sp³-hybridized carbons (Fsp3) is 0.344. The number of carboxylic acid groups (broad SMARTS) is 1. The third-order valence-corrected chi connectivity index (χ3v) is 7.22. The lowest BCUT2D eigenvalue weighted by Crippen LogP contribution is -2.47. The van der Waals surface area contributed by atoms with Crippen molar-refractivity contribution in [2.24, 2.45) is 0 Å². The Labute approximate surface area is 245 Å². The van der Waals surface area contributed by atoms with Crippen LogP contribution >= 0.6 is 0 Å². The van der Waals surface area contributed by atoms with Crippen LogP contribution in [0, 0.1) is 6.92 Å². The normalized spacial score (nSPS) is 15.9. The van der Waals surface area contributed by atoms with Gasteiger partial charge in [0.25, 0.3) is 0 Å². The van der Waals surface area contributed by atoms with Gasteiger partial charge >= 0.3 is 12.0 Å². The number of nitrogens with one attached hydrogen (secondary N) is 2. The zero-order chi connectivity index (χ0) is 29.9. The number of ether oxygens (including phenoxy) is 2. The van der Waals surface area contributed by atoms with E-state index in [1.54, 1.807) is 4.68 Å².